The second-order valence-electron chi connectivity index (χ2n) is 7.51. The van der Waals surface area contributed by atoms with E-state index >= 15 is 0 Å². The molecule has 0 spiro atoms. The molecular weight excluding hydrogens is 336 g/mol. The molecule has 1 saturated heterocycles. The Labute approximate surface area is 156 Å². The van der Waals surface area contributed by atoms with Crippen LogP contribution in [0.4, 0.5) is 0 Å². The van der Waals surface area contributed by atoms with Crippen molar-refractivity contribution in [1.29, 1.82) is 0 Å². The van der Waals surface area contributed by atoms with E-state index in [1.165, 1.54) is 0 Å². The van der Waals surface area contributed by atoms with Gasteiger partial charge in [-0.2, -0.15) is 0 Å². The summed E-state index contributed by atoms with van der Waals surface area (Å²) in [7, 11) is 0. The van der Waals surface area contributed by atoms with Crippen LogP contribution >= 0.6 is 0 Å². The summed E-state index contributed by atoms with van der Waals surface area (Å²) in [5.41, 5.74) is 0. The van der Waals surface area contributed by atoms with Crippen LogP contribution < -0.4 is 5.32 Å². The summed E-state index contributed by atoms with van der Waals surface area (Å²) >= 11 is 0. The number of carboxylic acid groups (broad SMARTS) is 1. The number of carboxylic acids is 1. The lowest BCUT2D eigenvalue weighted by atomic mass is 9.84. The SMILES string of the molecule is CCC[C@H](COOCC)N[C@H](C)C(=O)N1[C@H](C(=O)O)C[C@@H]2CCCC[C@@H]21. The standard InChI is InChI=1S/C19H34N2O5/c1-4-8-15(12-26-25-5-2)20-13(3)18(22)21-16-10-7-6-9-14(16)11-17(21)19(23)24/h13-17,20H,4-12H2,1-3H3,(H,23,24)/t13-,14+,15-,16+,17+/m1/s1. The Kier molecular flexibility index (Phi) is 8.31. The number of aliphatic carboxylic acids is 1. The fourth-order valence-corrected chi connectivity index (χ4v) is 4.42. The van der Waals surface area contributed by atoms with Crippen molar-refractivity contribution >= 4 is 11.9 Å². The molecule has 1 heterocycles. The van der Waals surface area contributed by atoms with Gasteiger partial charge in [-0.05, 0) is 45.4 Å². The minimum atomic E-state index is -0.885. The smallest absolute Gasteiger partial charge is 0.326 e. The molecule has 2 rings (SSSR count). The Morgan fingerprint density at radius 3 is 2.62 bits per heavy atom. The normalized spacial score (nSPS) is 27.8. The number of hydrogen-bond donors (Lipinski definition) is 2. The van der Waals surface area contributed by atoms with Crippen LogP contribution in [0, 0.1) is 5.92 Å². The predicted molar refractivity (Wildman–Crippen MR) is 97.5 cm³/mol. The number of hydrogen-bond acceptors (Lipinski definition) is 5. The molecule has 1 aliphatic carbocycles. The monoisotopic (exact) mass is 370 g/mol. The van der Waals surface area contributed by atoms with Crippen LogP contribution in [-0.2, 0) is 19.4 Å². The second-order valence-corrected chi connectivity index (χ2v) is 7.51. The highest BCUT2D eigenvalue weighted by molar-refractivity contribution is 5.87. The molecule has 150 valence electrons. The van der Waals surface area contributed by atoms with Gasteiger partial charge in [0, 0.05) is 12.1 Å². The molecular formula is C19H34N2O5. The lowest BCUT2D eigenvalue weighted by Gasteiger charge is -2.35. The van der Waals surface area contributed by atoms with Crippen molar-refractivity contribution in [1.82, 2.24) is 10.2 Å². The number of nitrogens with one attached hydrogen (secondary N) is 1. The van der Waals surface area contributed by atoms with Crippen LogP contribution in [-0.4, -0.2) is 59.3 Å². The van der Waals surface area contributed by atoms with Gasteiger partial charge >= 0.3 is 5.97 Å². The molecule has 1 aliphatic heterocycles. The number of nitrogens with zero attached hydrogens (tertiary/aromatic N) is 1. The summed E-state index contributed by atoms with van der Waals surface area (Å²) in [5.74, 6) is -0.664. The van der Waals surface area contributed by atoms with Crippen molar-refractivity contribution in [2.45, 2.75) is 89.9 Å². The molecule has 1 saturated carbocycles. The topological polar surface area (TPSA) is 88.1 Å². The van der Waals surface area contributed by atoms with Gasteiger partial charge in [-0.1, -0.05) is 26.2 Å². The van der Waals surface area contributed by atoms with E-state index in [2.05, 4.69) is 12.2 Å². The highest BCUT2D eigenvalue weighted by Gasteiger charge is 2.48. The summed E-state index contributed by atoms with van der Waals surface area (Å²) < 4.78 is 0. The molecule has 0 radical (unpaired) electrons. The molecule has 0 aromatic carbocycles. The predicted octanol–water partition coefficient (Wildman–Crippen LogP) is 2.35. The summed E-state index contributed by atoms with van der Waals surface area (Å²) in [6, 6.07) is -1.06. The number of likely N-dealkylation sites (tertiary alicyclic amines) is 1. The quantitative estimate of drug-likeness (QED) is 0.349. The number of rotatable bonds is 10. The Bertz CT molecular complexity index is 473. The molecule has 7 nitrogen and oxygen atoms in total. The molecule has 2 N–H and O–H groups in total. The molecule has 0 aromatic heterocycles. The molecule has 0 aromatic rings. The number of carbonyl (C=O) groups excluding carboxylic acids is 1. The lowest BCUT2D eigenvalue weighted by Crippen LogP contribution is -2.55. The van der Waals surface area contributed by atoms with Gasteiger partial charge in [0.2, 0.25) is 5.91 Å². The maximum Gasteiger partial charge on any atom is 0.326 e. The first-order valence-electron chi connectivity index (χ1n) is 10.0. The zero-order valence-corrected chi connectivity index (χ0v) is 16.3. The Balaban J connectivity index is 2.02. The van der Waals surface area contributed by atoms with Gasteiger partial charge in [0.25, 0.3) is 0 Å². The molecule has 0 bridgehead atoms. The lowest BCUT2D eigenvalue weighted by molar-refractivity contribution is -0.294. The van der Waals surface area contributed by atoms with Crippen LogP contribution in [0.2, 0.25) is 0 Å². The van der Waals surface area contributed by atoms with Crippen molar-refractivity contribution < 1.29 is 24.5 Å². The molecule has 5 atom stereocenters. The summed E-state index contributed by atoms with van der Waals surface area (Å²) in [5, 5.41) is 12.9. The van der Waals surface area contributed by atoms with Crippen LogP contribution in [0.5, 0.6) is 0 Å². The highest BCUT2D eigenvalue weighted by atomic mass is 17.2. The van der Waals surface area contributed by atoms with Crippen LogP contribution in [0.3, 0.4) is 0 Å². The van der Waals surface area contributed by atoms with E-state index in [0.29, 0.717) is 25.6 Å². The third-order valence-electron chi connectivity index (χ3n) is 5.59. The molecule has 0 unspecified atom stereocenters. The van der Waals surface area contributed by atoms with E-state index in [4.69, 9.17) is 9.78 Å². The van der Waals surface area contributed by atoms with E-state index in [0.717, 1.165) is 38.5 Å². The van der Waals surface area contributed by atoms with Gasteiger partial charge in [0.1, 0.15) is 6.04 Å². The van der Waals surface area contributed by atoms with Gasteiger partial charge in [-0.3, -0.25) is 4.79 Å². The van der Waals surface area contributed by atoms with Gasteiger partial charge in [0.15, 0.2) is 0 Å². The average molecular weight is 370 g/mol. The Morgan fingerprint density at radius 1 is 1.23 bits per heavy atom. The first-order valence-corrected chi connectivity index (χ1v) is 10.0. The molecule has 26 heavy (non-hydrogen) atoms. The summed E-state index contributed by atoms with van der Waals surface area (Å²) in [6.07, 6.45) is 6.56. The number of amides is 1. The molecule has 2 fully saturated rings. The minimum Gasteiger partial charge on any atom is -0.480 e. The van der Waals surface area contributed by atoms with Crippen LogP contribution in [0.1, 0.15) is 65.7 Å². The Morgan fingerprint density at radius 2 is 1.96 bits per heavy atom. The first-order chi connectivity index (χ1) is 12.5. The average Bonchev–Trinajstić information content (AvgIpc) is 3.01. The molecule has 2 aliphatic rings. The largest absolute Gasteiger partial charge is 0.480 e. The van der Waals surface area contributed by atoms with E-state index in [1.54, 1.807) is 4.90 Å². The number of carbonyl (C=O) groups is 2. The third kappa shape index (κ3) is 5.18. The van der Waals surface area contributed by atoms with Crippen molar-refractivity contribution in [3.8, 4) is 0 Å². The maximum atomic E-state index is 13.1. The minimum absolute atomic E-state index is 0.00136. The summed E-state index contributed by atoms with van der Waals surface area (Å²) in [6.45, 7) is 6.60. The maximum absolute atomic E-state index is 13.1. The van der Waals surface area contributed by atoms with Gasteiger partial charge in [0.05, 0.1) is 19.3 Å². The zero-order valence-electron chi connectivity index (χ0n) is 16.3. The summed E-state index contributed by atoms with van der Waals surface area (Å²) in [4.78, 5) is 36.6. The van der Waals surface area contributed by atoms with E-state index in [-0.39, 0.29) is 18.0 Å². The number of fused-ring (bicyclic) bond motifs is 1. The molecule has 7 heteroatoms. The highest BCUT2D eigenvalue weighted by Crippen LogP contribution is 2.40. The Hall–Kier alpha value is -1.18. The third-order valence-corrected chi connectivity index (χ3v) is 5.59. The first kappa shape index (κ1) is 21.1. The molecule has 1 amide bonds. The fourth-order valence-electron chi connectivity index (χ4n) is 4.42. The van der Waals surface area contributed by atoms with Gasteiger partial charge in [-0.15, -0.1) is 0 Å². The van der Waals surface area contributed by atoms with Crippen molar-refractivity contribution in [3.63, 3.8) is 0 Å². The van der Waals surface area contributed by atoms with Crippen LogP contribution in [0.25, 0.3) is 0 Å². The van der Waals surface area contributed by atoms with Gasteiger partial charge in [-0.25, -0.2) is 14.6 Å². The van der Waals surface area contributed by atoms with Crippen LogP contribution in [0.15, 0.2) is 0 Å². The second kappa shape index (κ2) is 10.2. The van der Waals surface area contributed by atoms with E-state index in [1.807, 2.05) is 13.8 Å². The van der Waals surface area contributed by atoms with Crippen molar-refractivity contribution in [2.75, 3.05) is 13.2 Å². The zero-order chi connectivity index (χ0) is 19.1. The fraction of sp³-hybridized carbons (Fsp3) is 0.895. The van der Waals surface area contributed by atoms with Crippen molar-refractivity contribution in [3.05, 3.63) is 0 Å². The van der Waals surface area contributed by atoms with E-state index < -0.39 is 18.1 Å². The van der Waals surface area contributed by atoms with Gasteiger partial charge < -0.3 is 15.3 Å². The van der Waals surface area contributed by atoms with Crippen molar-refractivity contribution in [2.24, 2.45) is 5.92 Å². The van der Waals surface area contributed by atoms with E-state index in [9.17, 15) is 14.7 Å².